The molecule has 0 aromatic heterocycles. The van der Waals surface area contributed by atoms with Gasteiger partial charge >= 0.3 is 0 Å². The van der Waals surface area contributed by atoms with Crippen molar-refractivity contribution in [3.8, 4) is 11.5 Å². The molecule has 21 heavy (non-hydrogen) atoms. The fraction of sp³-hybridized carbons (Fsp3) is 0.467. The molecule has 1 aliphatic heterocycles. The number of aldehydes is 1. The van der Waals surface area contributed by atoms with Crippen LogP contribution in [-0.2, 0) is 4.79 Å². The highest BCUT2D eigenvalue weighted by atomic mass is 79.9. The van der Waals surface area contributed by atoms with Crippen molar-refractivity contribution in [2.24, 2.45) is 0 Å². The van der Waals surface area contributed by atoms with Crippen LogP contribution >= 0.6 is 15.9 Å². The third-order valence-electron chi connectivity index (χ3n) is 3.47. The topological polar surface area (TPSA) is 55.8 Å². The smallest absolute Gasteiger partial charge is 0.260 e. The number of benzene rings is 1. The summed E-state index contributed by atoms with van der Waals surface area (Å²) in [5.74, 6) is 0.861. The molecular formula is C15H18BrNO4. The number of nitrogens with zero attached hydrogens (tertiary/aromatic N) is 1. The fourth-order valence-electron chi connectivity index (χ4n) is 2.29. The molecule has 2 rings (SSSR count). The lowest BCUT2D eigenvalue weighted by Gasteiger charge is -2.26. The Morgan fingerprint density at radius 2 is 2.00 bits per heavy atom. The molecule has 1 amide bonds. The summed E-state index contributed by atoms with van der Waals surface area (Å²) in [4.78, 5) is 24.8. The minimum absolute atomic E-state index is 0.0210. The van der Waals surface area contributed by atoms with Crippen LogP contribution in [0, 0.1) is 0 Å². The van der Waals surface area contributed by atoms with E-state index in [0.717, 1.165) is 32.2 Å². The van der Waals surface area contributed by atoms with E-state index in [2.05, 4.69) is 15.9 Å². The van der Waals surface area contributed by atoms with Crippen molar-refractivity contribution in [1.29, 1.82) is 0 Å². The Kier molecular flexibility index (Phi) is 5.61. The number of carbonyl (C=O) groups is 2. The maximum atomic E-state index is 12.1. The van der Waals surface area contributed by atoms with E-state index in [9.17, 15) is 9.59 Å². The Labute approximate surface area is 132 Å². The predicted molar refractivity (Wildman–Crippen MR) is 82.0 cm³/mol. The maximum Gasteiger partial charge on any atom is 0.260 e. The molecule has 0 aliphatic carbocycles. The third-order valence-corrected chi connectivity index (χ3v) is 4.16. The molecule has 0 unspecified atom stereocenters. The largest absolute Gasteiger partial charge is 0.493 e. The molecule has 6 heteroatoms. The average molecular weight is 356 g/mol. The highest BCUT2D eigenvalue weighted by molar-refractivity contribution is 9.10. The monoisotopic (exact) mass is 355 g/mol. The molecule has 1 saturated heterocycles. The van der Waals surface area contributed by atoms with Gasteiger partial charge in [0.25, 0.3) is 5.91 Å². The van der Waals surface area contributed by atoms with Gasteiger partial charge in [0.1, 0.15) is 0 Å². The lowest BCUT2D eigenvalue weighted by molar-refractivity contribution is -0.134. The first-order valence-corrected chi connectivity index (χ1v) is 7.68. The van der Waals surface area contributed by atoms with Crippen molar-refractivity contribution < 1.29 is 19.1 Å². The molecule has 5 nitrogen and oxygen atoms in total. The average Bonchev–Trinajstić information content (AvgIpc) is 2.53. The first-order chi connectivity index (χ1) is 10.2. The number of methoxy groups -OCH3 is 1. The Morgan fingerprint density at radius 1 is 1.29 bits per heavy atom. The highest BCUT2D eigenvalue weighted by Crippen LogP contribution is 2.32. The Hall–Kier alpha value is -1.56. The van der Waals surface area contributed by atoms with Crippen LogP contribution in [0.25, 0.3) is 0 Å². The molecule has 1 aromatic rings. The van der Waals surface area contributed by atoms with Gasteiger partial charge in [-0.05, 0) is 47.3 Å². The van der Waals surface area contributed by atoms with Crippen LogP contribution in [-0.4, -0.2) is 43.9 Å². The highest BCUT2D eigenvalue weighted by Gasteiger charge is 2.18. The molecular weight excluding hydrogens is 338 g/mol. The normalized spacial score (nSPS) is 14.7. The van der Waals surface area contributed by atoms with E-state index < -0.39 is 0 Å². The molecule has 1 aromatic carbocycles. The number of hydrogen-bond acceptors (Lipinski definition) is 4. The number of piperidine rings is 1. The van der Waals surface area contributed by atoms with E-state index in [4.69, 9.17) is 9.47 Å². The number of likely N-dealkylation sites (tertiary alicyclic amines) is 1. The maximum absolute atomic E-state index is 12.1. The minimum atomic E-state index is -0.0246. The molecule has 114 valence electrons. The Bertz CT molecular complexity index is 527. The van der Waals surface area contributed by atoms with Gasteiger partial charge in [-0.15, -0.1) is 0 Å². The van der Waals surface area contributed by atoms with Gasteiger partial charge < -0.3 is 14.4 Å². The summed E-state index contributed by atoms with van der Waals surface area (Å²) in [6, 6.07) is 3.23. The van der Waals surface area contributed by atoms with Gasteiger partial charge in [-0.3, -0.25) is 9.59 Å². The summed E-state index contributed by atoms with van der Waals surface area (Å²) in [5, 5.41) is 0. The summed E-state index contributed by atoms with van der Waals surface area (Å²) in [5.41, 5.74) is 0.474. The van der Waals surface area contributed by atoms with Crippen LogP contribution in [0.5, 0.6) is 11.5 Å². The standard InChI is InChI=1S/C15H18BrNO4/c1-20-13-7-11(9-18)12(16)8-14(13)21-10-15(19)17-5-3-2-4-6-17/h7-9H,2-6,10H2,1H3. The number of carbonyl (C=O) groups excluding carboxylic acids is 2. The van der Waals surface area contributed by atoms with Gasteiger partial charge in [-0.2, -0.15) is 0 Å². The molecule has 1 aliphatic rings. The van der Waals surface area contributed by atoms with Crippen LogP contribution in [0.2, 0.25) is 0 Å². The minimum Gasteiger partial charge on any atom is -0.493 e. The van der Waals surface area contributed by atoms with Gasteiger partial charge in [0.15, 0.2) is 24.4 Å². The van der Waals surface area contributed by atoms with Gasteiger partial charge in [-0.1, -0.05) is 0 Å². The van der Waals surface area contributed by atoms with Crippen molar-refractivity contribution in [1.82, 2.24) is 4.90 Å². The molecule has 0 radical (unpaired) electrons. The van der Waals surface area contributed by atoms with Crippen molar-refractivity contribution in [2.75, 3.05) is 26.8 Å². The summed E-state index contributed by atoms with van der Waals surface area (Å²) in [6.45, 7) is 1.57. The number of rotatable bonds is 5. The molecule has 0 N–H and O–H groups in total. The van der Waals surface area contributed by atoms with E-state index >= 15 is 0 Å². The zero-order valence-corrected chi connectivity index (χ0v) is 13.5. The lowest BCUT2D eigenvalue weighted by atomic mass is 10.1. The number of amides is 1. The Morgan fingerprint density at radius 3 is 2.62 bits per heavy atom. The molecule has 0 bridgehead atoms. The van der Waals surface area contributed by atoms with Crippen LogP contribution in [0.4, 0.5) is 0 Å². The third kappa shape index (κ3) is 3.97. The van der Waals surface area contributed by atoms with E-state index in [0.29, 0.717) is 21.5 Å². The second-order valence-corrected chi connectivity index (χ2v) is 5.73. The van der Waals surface area contributed by atoms with E-state index in [-0.39, 0.29) is 12.5 Å². The number of halogens is 1. The van der Waals surface area contributed by atoms with Gasteiger partial charge in [0.2, 0.25) is 0 Å². The molecule has 1 fully saturated rings. The quantitative estimate of drug-likeness (QED) is 0.762. The Balaban J connectivity index is 2.03. The first kappa shape index (κ1) is 15.8. The molecule has 0 atom stereocenters. The van der Waals surface area contributed by atoms with E-state index in [1.54, 1.807) is 12.1 Å². The summed E-state index contributed by atoms with van der Waals surface area (Å²) >= 11 is 3.29. The number of ether oxygens (including phenoxy) is 2. The van der Waals surface area contributed by atoms with Gasteiger partial charge in [0.05, 0.1) is 7.11 Å². The van der Waals surface area contributed by atoms with Crippen LogP contribution in [0.3, 0.4) is 0 Å². The van der Waals surface area contributed by atoms with E-state index in [1.807, 2.05) is 4.90 Å². The zero-order valence-electron chi connectivity index (χ0n) is 11.9. The zero-order chi connectivity index (χ0) is 15.2. The summed E-state index contributed by atoms with van der Waals surface area (Å²) < 4.78 is 11.4. The first-order valence-electron chi connectivity index (χ1n) is 6.89. The van der Waals surface area contributed by atoms with Crippen molar-refractivity contribution >= 4 is 28.1 Å². The van der Waals surface area contributed by atoms with Crippen LogP contribution in [0.1, 0.15) is 29.6 Å². The molecule has 0 spiro atoms. The van der Waals surface area contributed by atoms with E-state index in [1.165, 1.54) is 13.5 Å². The number of hydrogen-bond donors (Lipinski definition) is 0. The van der Waals surface area contributed by atoms with Crippen molar-refractivity contribution in [3.05, 3.63) is 22.2 Å². The second kappa shape index (κ2) is 7.45. The summed E-state index contributed by atoms with van der Waals surface area (Å²) in [7, 11) is 1.50. The lowest BCUT2D eigenvalue weighted by Crippen LogP contribution is -2.38. The second-order valence-electron chi connectivity index (χ2n) is 4.87. The molecule has 0 saturated carbocycles. The predicted octanol–water partition coefficient (Wildman–Crippen LogP) is 2.66. The van der Waals surface area contributed by atoms with Crippen LogP contribution < -0.4 is 9.47 Å². The summed E-state index contributed by atoms with van der Waals surface area (Å²) in [6.07, 6.45) is 4.01. The van der Waals surface area contributed by atoms with Crippen molar-refractivity contribution in [2.45, 2.75) is 19.3 Å². The van der Waals surface area contributed by atoms with Crippen molar-refractivity contribution in [3.63, 3.8) is 0 Å². The SMILES string of the molecule is COc1cc(C=O)c(Br)cc1OCC(=O)N1CCCCC1. The van der Waals surface area contributed by atoms with Gasteiger partial charge in [0, 0.05) is 23.1 Å². The molecule has 1 heterocycles. The van der Waals surface area contributed by atoms with Crippen LogP contribution in [0.15, 0.2) is 16.6 Å². The van der Waals surface area contributed by atoms with Gasteiger partial charge in [-0.25, -0.2) is 0 Å². The fourth-order valence-corrected chi connectivity index (χ4v) is 2.70.